The fraction of sp³-hybridized carbons (Fsp3) is 0. The maximum atomic E-state index is 12.3. The largest absolute Gasteiger partial charge is 0.396 e. The molecule has 0 aliphatic heterocycles. The summed E-state index contributed by atoms with van der Waals surface area (Å²) in [5.41, 5.74) is 6.07. The molecule has 0 atom stereocenters. The van der Waals surface area contributed by atoms with Gasteiger partial charge in [0.25, 0.3) is 11.5 Å². The topological polar surface area (TPSA) is 89.5 Å². The molecular formula is C15H10Cl2N4O2. The minimum absolute atomic E-state index is 0.0993. The average molecular weight is 349 g/mol. The Hall–Kier alpha value is -2.57. The molecule has 1 aromatic carbocycles. The molecule has 0 saturated carbocycles. The van der Waals surface area contributed by atoms with Crippen molar-refractivity contribution < 1.29 is 4.79 Å². The number of carbonyl (C=O) groups excluding carboxylic acids is 1. The van der Waals surface area contributed by atoms with Gasteiger partial charge in [0, 0.05) is 18.1 Å². The van der Waals surface area contributed by atoms with Crippen molar-refractivity contribution in [1.82, 2.24) is 9.38 Å². The van der Waals surface area contributed by atoms with E-state index in [4.69, 9.17) is 28.9 Å². The van der Waals surface area contributed by atoms with Gasteiger partial charge in [0.1, 0.15) is 11.2 Å². The number of carbonyl (C=O) groups is 1. The van der Waals surface area contributed by atoms with Gasteiger partial charge in [0.05, 0.1) is 15.7 Å². The normalized spacial score (nSPS) is 10.7. The van der Waals surface area contributed by atoms with Crippen molar-refractivity contribution in [3.8, 4) is 0 Å². The van der Waals surface area contributed by atoms with Gasteiger partial charge in [-0.2, -0.15) is 0 Å². The number of hydrogen-bond acceptors (Lipinski definition) is 4. The number of pyridine rings is 1. The summed E-state index contributed by atoms with van der Waals surface area (Å²) in [6, 6.07) is 8.00. The molecule has 1 amide bonds. The first-order valence-electron chi connectivity index (χ1n) is 6.49. The molecule has 0 unspecified atom stereocenters. The number of nitrogens with two attached hydrogens (primary N) is 1. The van der Waals surface area contributed by atoms with Crippen LogP contribution in [0.25, 0.3) is 5.65 Å². The molecule has 116 valence electrons. The molecule has 2 aromatic heterocycles. The molecule has 0 aliphatic carbocycles. The van der Waals surface area contributed by atoms with Crippen molar-refractivity contribution in [2.45, 2.75) is 0 Å². The fourth-order valence-electron chi connectivity index (χ4n) is 2.04. The molecular weight excluding hydrogens is 339 g/mol. The SMILES string of the molecule is Nc1c(Cl)cc(NC(=O)c2cnc3ccccn3c2=O)cc1Cl. The highest BCUT2D eigenvalue weighted by Gasteiger charge is 2.14. The molecule has 0 spiro atoms. The van der Waals surface area contributed by atoms with Crippen LogP contribution in [0, 0.1) is 0 Å². The highest BCUT2D eigenvalue weighted by Crippen LogP contribution is 2.31. The molecule has 3 N–H and O–H groups in total. The summed E-state index contributed by atoms with van der Waals surface area (Å²) >= 11 is 11.8. The number of rotatable bonds is 2. The van der Waals surface area contributed by atoms with Crippen LogP contribution < -0.4 is 16.6 Å². The van der Waals surface area contributed by atoms with Crippen molar-refractivity contribution in [3.05, 3.63) is 68.7 Å². The van der Waals surface area contributed by atoms with Gasteiger partial charge in [-0.25, -0.2) is 4.98 Å². The summed E-state index contributed by atoms with van der Waals surface area (Å²) in [5.74, 6) is -0.613. The Kier molecular flexibility index (Phi) is 3.94. The third-order valence-electron chi connectivity index (χ3n) is 3.20. The average Bonchev–Trinajstić information content (AvgIpc) is 2.53. The number of amides is 1. The number of nitrogen functional groups attached to an aromatic ring is 1. The first-order chi connectivity index (χ1) is 11.0. The summed E-state index contributed by atoms with van der Waals surface area (Å²) in [7, 11) is 0. The summed E-state index contributed by atoms with van der Waals surface area (Å²) < 4.78 is 1.29. The van der Waals surface area contributed by atoms with Crippen LogP contribution in [0.1, 0.15) is 10.4 Å². The fourth-order valence-corrected chi connectivity index (χ4v) is 2.52. The van der Waals surface area contributed by atoms with E-state index in [1.165, 1.54) is 22.7 Å². The van der Waals surface area contributed by atoms with E-state index >= 15 is 0 Å². The van der Waals surface area contributed by atoms with Crippen LogP contribution in [0.2, 0.25) is 10.0 Å². The minimum atomic E-state index is -0.613. The Bertz CT molecular complexity index is 962. The predicted octanol–water partition coefficient (Wildman–Crippen LogP) is 2.84. The molecule has 2 heterocycles. The van der Waals surface area contributed by atoms with Crippen molar-refractivity contribution in [2.24, 2.45) is 0 Å². The summed E-state index contributed by atoms with van der Waals surface area (Å²) in [6.45, 7) is 0. The number of fused-ring (bicyclic) bond motifs is 1. The molecule has 6 nitrogen and oxygen atoms in total. The molecule has 0 aliphatic rings. The number of nitrogens with zero attached hydrogens (tertiary/aromatic N) is 2. The van der Waals surface area contributed by atoms with Crippen LogP contribution in [0.15, 0.2) is 47.5 Å². The second-order valence-electron chi connectivity index (χ2n) is 4.71. The first-order valence-corrected chi connectivity index (χ1v) is 7.25. The van der Waals surface area contributed by atoms with Crippen molar-refractivity contribution >= 4 is 46.1 Å². The lowest BCUT2D eigenvalue weighted by Gasteiger charge is -2.08. The van der Waals surface area contributed by atoms with Crippen LogP contribution in [-0.2, 0) is 0 Å². The van der Waals surface area contributed by atoms with Gasteiger partial charge in [-0.1, -0.05) is 29.3 Å². The Morgan fingerprint density at radius 3 is 2.61 bits per heavy atom. The molecule has 0 bridgehead atoms. The maximum absolute atomic E-state index is 12.3. The van der Waals surface area contributed by atoms with Gasteiger partial charge in [-0.3, -0.25) is 14.0 Å². The summed E-state index contributed by atoms with van der Waals surface area (Å²) in [6.07, 6.45) is 2.77. The summed E-state index contributed by atoms with van der Waals surface area (Å²) in [4.78, 5) is 28.7. The molecule has 23 heavy (non-hydrogen) atoms. The minimum Gasteiger partial charge on any atom is -0.396 e. The van der Waals surface area contributed by atoms with Crippen LogP contribution >= 0.6 is 23.2 Å². The maximum Gasteiger partial charge on any atom is 0.270 e. The number of hydrogen-bond donors (Lipinski definition) is 2. The van der Waals surface area contributed by atoms with E-state index in [2.05, 4.69) is 10.3 Å². The number of anilines is 2. The van der Waals surface area contributed by atoms with E-state index < -0.39 is 11.5 Å². The van der Waals surface area contributed by atoms with E-state index in [1.54, 1.807) is 24.4 Å². The quantitative estimate of drug-likeness (QED) is 0.696. The number of benzene rings is 1. The molecule has 0 radical (unpaired) electrons. The Morgan fingerprint density at radius 1 is 1.22 bits per heavy atom. The zero-order valence-corrected chi connectivity index (χ0v) is 13.1. The Balaban J connectivity index is 1.98. The highest BCUT2D eigenvalue weighted by atomic mass is 35.5. The zero-order valence-electron chi connectivity index (χ0n) is 11.6. The van der Waals surface area contributed by atoms with Crippen LogP contribution in [0.5, 0.6) is 0 Å². The van der Waals surface area contributed by atoms with E-state index in [-0.39, 0.29) is 21.3 Å². The van der Waals surface area contributed by atoms with Crippen LogP contribution in [0.4, 0.5) is 11.4 Å². The van der Waals surface area contributed by atoms with Gasteiger partial charge in [0.2, 0.25) is 0 Å². The molecule has 0 fully saturated rings. The van der Waals surface area contributed by atoms with Gasteiger partial charge in [-0.15, -0.1) is 0 Å². The molecule has 3 aromatic rings. The summed E-state index contributed by atoms with van der Waals surface area (Å²) in [5, 5.41) is 2.97. The lowest BCUT2D eigenvalue weighted by atomic mass is 10.2. The van der Waals surface area contributed by atoms with Crippen molar-refractivity contribution in [3.63, 3.8) is 0 Å². The lowest BCUT2D eigenvalue weighted by molar-refractivity contribution is 0.102. The van der Waals surface area contributed by atoms with E-state index in [0.29, 0.717) is 11.3 Å². The molecule has 0 saturated heterocycles. The lowest BCUT2D eigenvalue weighted by Crippen LogP contribution is -2.26. The van der Waals surface area contributed by atoms with E-state index in [1.807, 2.05) is 0 Å². The second kappa shape index (κ2) is 5.91. The van der Waals surface area contributed by atoms with Gasteiger partial charge in [-0.05, 0) is 24.3 Å². The predicted molar refractivity (Wildman–Crippen MR) is 90.3 cm³/mol. The second-order valence-corrected chi connectivity index (χ2v) is 5.53. The number of nitrogens with one attached hydrogen (secondary N) is 1. The van der Waals surface area contributed by atoms with Crippen molar-refractivity contribution in [1.29, 1.82) is 0 Å². The highest BCUT2D eigenvalue weighted by molar-refractivity contribution is 6.39. The molecule has 3 rings (SSSR count). The van der Waals surface area contributed by atoms with Crippen LogP contribution in [-0.4, -0.2) is 15.3 Å². The Labute approximate surface area is 140 Å². The first kappa shape index (κ1) is 15.3. The Morgan fingerprint density at radius 2 is 1.91 bits per heavy atom. The van der Waals surface area contributed by atoms with Gasteiger partial charge < -0.3 is 11.1 Å². The van der Waals surface area contributed by atoms with E-state index in [9.17, 15) is 9.59 Å². The number of aromatic nitrogens is 2. The third-order valence-corrected chi connectivity index (χ3v) is 3.82. The smallest absolute Gasteiger partial charge is 0.270 e. The van der Waals surface area contributed by atoms with Crippen LogP contribution in [0.3, 0.4) is 0 Å². The van der Waals surface area contributed by atoms with E-state index in [0.717, 1.165) is 0 Å². The van der Waals surface area contributed by atoms with Gasteiger partial charge >= 0.3 is 0 Å². The standard InChI is InChI=1S/C15H10Cl2N4O2/c16-10-5-8(6-11(17)13(10)18)20-14(22)9-7-19-12-3-1-2-4-21(12)15(9)23/h1-7H,18H2,(H,20,22). The molecule has 8 heteroatoms. The van der Waals surface area contributed by atoms with Gasteiger partial charge in [0.15, 0.2) is 0 Å². The monoisotopic (exact) mass is 348 g/mol. The third kappa shape index (κ3) is 2.86. The number of halogens is 2. The van der Waals surface area contributed by atoms with Crippen molar-refractivity contribution in [2.75, 3.05) is 11.1 Å². The zero-order chi connectivity index (χ0) is 16.6.